The lowest BCUT2D eigenvalue weighted by molar-refractivity contribution is 0.0756. The van der Waals surface area contributed by atoms with Crippen LogP contribution in [-0.2, 0) is 0 Å². The summed E-state index contributed by atoms with van der Waals surface area (Å²) in [5.41, 5.74) is 1.87. The maximum atomic E-state index is 12.5. The Morgan fingerprint density at radius 1 is 1.35 bits per heavy atom. The first-order valence-corrected chi connectivity index (χ1v) is 6.33. The van der Waals surface area contributed by atoms with Crippen LogP contribution in [0.15, 0.2) is 18.2 Å². The van der Waals surface area contributed by atoms with Crippen molar-refractivity contribution in [3.8, 4) is 0 Å². The largest absolute Gasteiger partial charge is 0.272 e. The molecule has 1 unspecified atom stereocenters. The van der Waals surface area contributed by atoms with Crippen molar-refractivity contribution in [3.63, 3.8) is 0 Å². The van der Waals surface area contributed by atoms with E-state index in [1.165, 1.54) is 0 Å². The zero-order chi connectivity index (χ0) is 12.2. The van der Waals surface area contributed by atoms with E-state index < -0.39 is 0 Å². The molecule has 90 valence electrons. The van der Waals surface area contributed by atoms with E-state index in [-0.39, 0.29) is 11.8 Å². The number of nitrogens with zero attached hydrogens (tertiary/aromatic N) is 2. The summed E-state index contributed by atoms with van der Waals surface area (Å²) >= 11 is 0. The van der Waals surface area contributed by atoms with Gasteiger partial charge in [0.15, 0.2) is 0 Å². The fraction of sp³-hybridized carbons (Fsp3) is 0.571. The van der Waals surface area contributed by atoms with Crippen LogP contribution in [0.1, 0.15) is 29.5 Å². The van der Waals surface area contributed by atoms with E-state index in [1.807, 2.05) is 19.9 Å². The molecular formula is C14H18N2O. The standard InChI is InChI=1S/C14H18N2O/c1-8-6-9(2)16(15-8)14(17)13-10(3)11-4-5-12(13)7-11/h4-6,10-13H,7H2,1-3H3/t10-,11+,12-,13?/m1/s1. The molecule has 1 aromatic rings. The summed E-state index contributed by atoms with van der Waals surface area (Å²) in [4.78, 5) is 12.5. The first kappa shape index (κ1) is 10.8. The maximum Gasteiger partial charge on any atom is 0.251 e. The third-order valence-corrected chi connectivity index (χ3v) is 4.36. The highest BCUT2D eigenvalue weighted by Crippen LogP contribution is 2.48. The number of carbonyl (C=O) groups is 1. The fourth-order valence-corrected chi connectivity index (χ4v) is 3.47. The number of hydrogen-bond donors (Lipinski definition) is 0. The van der Waals surface area contributed by atoms with Gasteiger partial charge in [-0.1, -0.05) is 19.1 Å². The van der Waals surface area contributed by atoms with Crippen LogP contribution in [0, 0.1) is 37.5 Å². The van der Waals surface area contributed by atoms with Crippen molar-refractivity contribution in [1.82, 2.24) is 9.78 Å². The third kappa shape index (κ3) is 1.48. The molecule has 2 aliphatic rings. The van der Waals surface area contributed by atoms with Gasteiger partial charge in [0.25, 0.3) is 5.91 Å². The van der Waals surface area contributed by atoms with Crippen molar-refractivity contribution in [3.05, 3.63) is 29.6 Å². The molecule has 3 nitrogen and oxygen atoms in total. The smallest absolute Gasteiger partial charge is 0.251 e. The lowest BCUT2D eigenvalue weighted by Gasteiger charge is -2.23. The Bertz CT molecular complexity index is 500. The van der Waals surface area contributed by atoms with E-state index in [1.54, 1.807) is 4.68 Å². The maximum absolute atomic E-state index is 12.5. The molecule has 1 heterocycles. The lowest BCUT2D eigenvalue weighted by atomic mass is 9.84. The Hall–Kier alpha value is -1.38. The van der Waals surface area contributed by atoms with E-state index in [0.29, 0.717) is 17.8 Å². The Morgan fingerprint density at radius 2 is 2.06 bits per heavy atom. The molecule has 2 aliphatic carbocycles. The average Bonchev–Trinajstić information content (AvgIpc) is 2.92. The molecule has 2 bridgehead atoms. The van der Waals surface area contributed by atoms with Gasteiger partial charge < -0.3 is 0 Å². The van der Waals surface area contributed by atoms with E-state index >= 15 is 0 Å². The molecule has 0 aromatic carbocycles. The van der Waals surface area contributed by atoms with E-state index in [2.05, 4.69) is 24.2 Å². The highest BCUT2D eigenvalue weighted by Gasteiger charge is 2.46. The Balaban J connectivity index is 1.93. The molecule has 4 atom stereocenters. The highest BCUT2D eigenvalue weighted by atomic mass is 16.2. The van der Waals surface area contributed by atoms with Crippen molar-refractivity contribution in [2.45, 2.75) is 27.2 Å². The number of hydrogen-bond acceptors (Lipinski definition) is 2. The van der Waals surface area contributed by atoms with Crippen LogP contribution in [-0.4, -0.2) is 15.7 Å². The molecule has 0 amide bonds. The molecule has 0 N–H and O–H groups in total. The number of rotatable bonds is 1. The second-order valence-corrected chi connectivity index (χ2v) is 5.51. The summed E-state index contributed by atoms with van der Waals surface area (Å²) in [6, 6.07) is 1.96. The molecule has 0 radical (unpaired) electrons. The normalized spacial score (nSPS) is 34.5. The highest BCUT2D eigenvalue weighted by molar-refractivity contribution is 5.82. The molecular weight excluding hydrogens is 212 g/mol. The minimum Gasteiger partial charge on any atom is -0.272 e. The van der Waals surface area contributed by atoms with Gasteiger partial charge in [0.05, 0.1) is 5.69 Å². The minimum atomic E-state index is 0.128. The second kappa shape index (κ2) is 3.56. The summed E-state index contributed by atoms with van der Waals surface area (Å²) in [7, 11) is 0. The van der Waals surface area contributed by atoms with Gasteiger partial charge in [-0.15, -0.1) is 0 Å². The van der Waals surface area contributed by atoms with Crippen molar-refractivity contribution in [1.29, 1.82) is 0 Å². The van der Waals surface area contributed by atoms with Crippen LogP contribution >= 0.6 is 0 Å². The van der Waals surface area contributed by atoms with Crippen LogP contribution in [0.2, 0.25) is 0 Å². The van der Waals surface area contributed by atoms with Gasteiger partial charge in [-0.25, -0.2) is 4.68 Å². The van der Waals surface area contributed by atoms with Crippen molar-refractivity contribution >= 4 is 5.91 Å². The average molecular weight is 230 g/mol. The number of carbonyl (C=O) groups excluding carboxylic acids is 1. The summed E-state index contributed by atoms with van der Waals surface area (Å²) in [6.07, 6.45) is 5.65. The van der Waals surface area contributed by atoms with Crippen molar-refractivity contribution in [2.75, 3.05) is 0 Å². The molecule has 0 aliphatic heterocycles. The van der Waals surface area contributed by atoms with Crippen LogP contribution in [0.25, 0.3) is 0 Å². The molecule has 3 heteroatoms. The number of allylic oxidation sites excluding steroid dienone is 2. The van der Waals surface area contributed by atoms with E-state index in [9.17, 15) is 4.79 Å². The van der Waals surface area contributed by atoms with Crippen molar-refractivity contribution < 1.29 is 4.79 Å². The summed E-state index contributed by atoms with van der Waals surface area (Å²) in [6.45, 7) is 6.08. The zero-order valence-electron chi connectivity index (χ0n) is 10.6. The molecule has 1 aromatic heterocycles. The first-order chi connectivity index (χ1) is 8.08. The Morgan fingerprint density at radius 3 is 2.59 bits per heavy atom. The predicted octanol–water partition coefficient (Wildman–Crippen LogP) is 2.60. The van der Waals surface area contributed by atoms with Gasteiger partial charge >= 0.3 is 0 Å². The van der Waals surface area contributed by atoms with Gasteiger partial charge in [-0.3, -0.25) is 4.79 Å². The summed E-state index contributed by atoms with van der Waals surface area (Å²) < 4.78 is 1.60. The topological polar surface area (TPSA) is 34.9 Å². The molecule has 0 spiro atoms. The Kier molecular flexibility index (Phi) is 2.25. The monoisotopic (exact) mass is 230 g/mol. The lowest BCUT2D eigenvalue weighted by Crippen LogP contribution is -2.31. The minimum absolute atomic E-state index is 0.128. The summed E-state index contributed by atoms with van der Waals surface area (Å²) in [5.74, 6) is 1.81. The molecule has 1 fully saturated rings. The fourth-order valence-electron chi connectivity index (χ4n) is 3.47. The molecule has 0 saturated heterocycles. The second-order valence-electron chi connectivity index (χ2n) is 5.51. The number of fused-ring (bicyclic) bond motifs is 2. The molecule has 1 saturated carbocycles. The summed E-state index contributed by atoms with van der Waals surface area (Å²) in [5, 5.41) is 4.32. The molecule has 3 rings (SSSR count). The van der Waals surface area contributed by atoms with Crippen molar-refractivity contribution in [2.24, 2.45) is 23.7 Å². The zero-order valence-corrected chi connectivity index (χ0v) is 10.6. The number of aryl methyl sites for hydroxylation is 2. The van der Waals surface area contributed by atoms with Gasteiger partial charge in [-0.05, 0) is 44.1 Å². The van der Waals surface area contributed by atoms with Gasteiger partial charge in [-0.2, -0.15) is 5.10 Å². The molecule has 17 heavy (non-hydrogen) atoms. The number of aromatic nitrogens is 2. The SMILES string of the molecule is Cc1cc(C)n(C(=O)C2[C@@H]3C=C[C@@H](C3)[C@H]2C)n1. The van der Waals surface area contributed by atoms with E-state index in [4.69, 9.17) is 0 Å². The Labute approximate surface area is 102 Å². The van der Waals surface area contributed by atoms with Gasteiger partial charge in [0.1, 0.15) is 0 Å². The third-order valence-electron chi connectivity index (χ3n) is 4.36. The van der Waals surface area contributed by atoms with Crippen LogP contribution in [0.4, 0.5) is 0 Å². The first-order valence-electron chi connectivity index (χ1n) is 6.33. The quantitative estimate of drug-likeness (QED) is 0.695. The van der Waals surface area contributed by atoms with Gasteiger partial charge in [0.2, 0.25) is 0 Å². The van der Waals surface area contributed by atoms with Crippen LogP contribution in [0.5, 0.6) is 0 Å². The van der Waals surface area contributed by atoms with E-state index in [0.717, 1.165) is 17.8 Å². The predicted molar refractivity (Wildman–Crippen MR) is 65.7 cm³/mol. The van der Waals surface area contributed by atoms with Gasteiger partial charge in [0, 0.05) is 11.6 Å². The van der Waals surface area contributed by atoms with Crippen LogP contribution < -0.4 is 0 Å². The van der Waals surface area contributed by atoms with Crippen LogP contribution in [0.3, 0.4) is 0 Å².